The molecule has 0 spiro atoms. The summed E-state index contributed by atoms with van der Waals surface area (Å²) in [5.41, 5.74) is 12.3. The second-order valence-corrected chi connectivity index (χ2v) is 12.2. The number of pyridine rings is 2. The van der Waals surface area contributed by atoms with Crippen molar-refractivity contribution in [3.63, 3.8) is 0 Å². The average Bonchev–Trinajstić information content (AvgIpc) is 3.55. The molecule has 4 aromatic heterocycles. The summed E-state index contributed by atoms with van der Waals surface area (Å²) in [6.45, 7) is 0. The van der Waals surface area contributed by atoms with Gasteiger partial charge in [-0.3, -0.25) is 0 Å². The van der Waals surface area contributed by atoms with Crippen molar-refractivity contribution in [2.75, 3.05) is 0 Å². The highest BCUT2D eigenvalue weighted by Gasteiger charge is 2.18. The Labute approximate surface area is 281 Å². The van der Waals surface area contributed by atoms with E-state index in [1.165, 1.54) is 0 Å². The Morgan fingerprint density at radius 1 is 0.367 bits per heavy atom. The van der Waals surface area contributed by atoms with E-state index in [4.69, 9.17) is 24.4 Å². The number of fused-ring (bicyclic) bond motifs is 7. The van der Waals surface area contributed by atoms with Gasteiger partial charge in [0.05, 0.1) is 44.8 Å². The minimum atomic E-state index is 0.784. The van der Waals surface area contributed by atoms with Crippen LogP contribution in [0, 0.1) is 0 Å². The van der Waals surface area contributed by atoms with Crippen LogP contribution in [0.1, 0.15) is 0 Å². The van der Waals surface area contributed by atoms with Gasteiger partial charge in [-0.2, -0.15) is 0 Å². The van der Waals surface area contributed by atoms with E-state index in [0.717, 1.165) is 99.8 Å². The Morgan fingerprint density at radius 3 is 1.80 bits per heavy atom. The van der Waals surface area contributed by atoms with Gasteiger partial charge in [-0.1, -0.05) is 121 Å². The highest BCUT2D eigenvalue weighted by molar-refractivity contribution is 6.07. The fourth-order valence-electron chi connectivity index (χ4n) is 6.84. The largest absolute Gasteiger partial charge is 0.456 e. The Balaban J connectivity index is 1.19. The number of furan rings is 1. The van der Waals surface area contributed by atoms with Gasteiger partial charge in [0.2, 0.25) is 0 Å². The molecule has 0 aliphatic heterocycles. The van der Waals surface area contributed by atoms with Gasteiger partial charge >= 0.3 is 0 Å². The average molecular weight is 627 g/mol. The van der Waals surface area contributed by atoms with Crippen LogP contribution >= 0.6 is 0 Å². The third kappa shape index (κ3) is 4.55. The zero-order valence-electron chi connectivity index (χ0n) is 26.2. The minimum absolute atomic E-state index is 0.784. The molecule has 0 saturated heterocycles. The third-order valence-corrected chi connectivity index (χ3v) is 9.26. The molecule has 10 aromatic rings. The SMILES string of the molecule is c1ccc(-c2ccc3ccc4ccc(-c5cccc6nc(-c7ccccc7)c(-c7ccc8c(c7)oc7ccccc78)nc56)nc4c3n2)cc1. The molecule has 5 heteroatoms. The maximum atomic E-state index is 6.29. The first-order valence-corrected chi connectivity index (χ1v) is 16.3. The smallest absolute Gasteiger partial charge is 0.136 e. The summed E-state index contributed by atoms with van der Waals surface area (Å²) >= 11 is 0. The van der Waals surface area contributed by atoms with Crippen molar-refractivity contribution in [3.05, 3.63) is 158 Å². The van der Waals surface area contributed by atoms with Crippen LogP contribution in [0.2, 0.25) is 0 Å². The standard InChI is InChI=1S/C44H26N4O/c1-3-10-27(11-4-1)35-24-21-29-18-19-30-22-25-36(46-42(30)41(29)45-35)34-15-9-16-37-44(34)48-43(40(47-37)28-12-5-2-6-13-28)31-20-23-33-32-14-7-8-17-38(32)49-39(33)26-31/h1-26H. The van der Waals surface area contributed by atoms with E-state index in [9.17, 15) is 0 Å². The van der Waals surface area contributed by atoms with Crippen molar-refractivity contribution >= 4 is 54.8 Å². The molecule has 0 atom stereocenters. The van der Waals surface area contributed by atoms with Crippen LogP contribution in [-0.4, -0.2) is 19.9 Å². The molecule has 228 valence electrons. The molecular weight excluding hydrogens is 601 g/mol. The summed E-state index contributed by atoms with van der Waals surface area (Å²) in [6, 6.07) is 53.7. The molecule has 6 aromatic carbocycles. The molecule has 0 aliphatic carbocycles. The summed E-state index contributed by atoms with van der Waals surface area (Å²) in [6.07, 6.45) is 0. The van der Waals surface area contributed by atoms with Crippen LogP contribution in [-0.2, 0) is 0 Å². The number of hydrogen-bond donors (Lipinski definition) is 0. The van der Waals surface area contributed by atoms with E-state index in [-0.39, 0.29) is 0 Å². The van der Waals surface area contributed by atoms with E-state index >= 15 is 0 Å². The quantitative estimate of drug-likeness (QED) is 0.182. The number of benzene rings is 6. The van der Waals surface area contributed by atoms with Gasteiger partial charge in [-0.25, -0.2) is 19.9 Å². The van der Waals surface area contributed by atoms with Crippen molar-refractivity contribution in [2.24, 2.45) is 0 Å². The summed E-state index contributed by atoms with van der Waals surface area (Å²) in [5.74, 6) is 0. The number of nitrogens with zero attached hydrogens (tertiary/aromatic N) is 4. The second-order valence-electron chi connectivity index (χ2n) is 12.2. The van der Waals surface area contributed by atoms with Crippen LogP contribution < -0.4 is 0 Å². The summed E-state index contributed by atoms with van der Waals surface area (Å²) in [7, 11) is 0. The van der Waals surface area contributed by atoms with Crippen LogP contribution in [0.25, 0.3) is 99.8 Å². The van der Waals surface area contributed by atoms with Crippen molar-refractivity contribution in [3.8, 4) is 45.0 Å². The third-order valence-electron chi connectivity index (χ3n) is 9.26. The molecule has 49 heavy (non-hydrogen) atoms. The van der Waals surface area contributed by atoms with E-state index in [1.807, 2.05) is 66.7 Å². The summed E-state index contributed by atoms with van der Waals surface area (Å²) in [4.78, 5) is 21.0. The predicted octanol–water partition coefficient (Wildman–Crippen LogP) is 11.3. The normalized spacial score (nSPS) is 11.7. The van der Waals surface area contributed by atoms with Gasteiger partial charge in [0, 0.05) is 43.8 Å². The van der Waals surface area contributed by atoms with Gasteiger partial charge in [0.1, 0.15) is 11.2 Å². The van der Waals surface area contributed by atoms with E-state index in [1.54, 1.807) is 0 Å². The van der Waals surface area contributed by atoms with Gasteiger partial charge in [0.25, 0.3) is 0 Å². The lowest BCUT2D eigenvalue weighted by atomic mass is 10.0. The van der Waals surface area contributed by atoms with Gasteiger partial charge in [-0.05, 0) is 36.4 Å². The van der Waals surface area contributed by atoms with E-state index in [0.29, 0.717) is 0 Å². The molecular formula is C44H26N4O. The molecule has 0 unspecified atom stereocenters. The molecule has 0 fully saturated rings. The maximum Gasteiger partial charge on any atom is 0.136 e. The lowest BCUT2D eigenvalue weighted by Crippen LogP contribution is -1.98. The fraction of sp³-hybridized carbons (Fsp3) is 0. The molecule has 4 heterocycles. The lowest BCUT2D eigenvalue weighted by Gasteiger charge is -2.13. The zero-order valence-corrected chi connectivity index (χ0v) is 26.2. The van der Waals surface area contributed by atoms with Crippen molar-refractivity contribution < 1.29 is 4.42 Å². The van der Waals surface area contributed by atoms with Crippen LogP contribution in [0.5, 0.6) is 0 Å². The van der Waals surface area contributed by atoms with E-state index in [2.05, 4.69) is 91.0 Å². The summed E-state index contributed by atoms with van der Waals surface area (Å²) < 4.78 is 6.29. The lowest BCUT2D eigenvalue weighted by molar-refractivity contribution is 0.669. The Morgan fingerprint density at radius 2 is 1.00 bits per heavy atom. The Kier molecular flexibility index (Phi) is 6.11. The minimum Gasteiger partial charge on any atom is -0.456 e. The first-order chi connectivity index (χ1) is 24.3. The first kappa shape index (κ1) is 27.4. The number of rotatable bonds is 4. The maximum absolute atomic E-state index is 6.29. The predicted molar refractivity (Wildman–Crippen MR) is 199 cm³/mol. The summed E-state index contributed by atoms with van der Waals surface area (Å²) in [5, 5.41) is 4.25. The van der Waals surface area contributed by atoms with Crippen LogP contribution in [0.4, 0.5) is 0 Å². The fourth-order valence-corrected chi connectivity index (χ4v) is 6.84. The molecule has 5 nitrogen and oxygen atoms in total. The highest BCUT2D eigenvalue weighted by Crippen LogP contribution is 2.38. The molecule has 0 amide bonds. The number of aromatic nitrogens is 4. The monoisotopic (exact) mass is 626 g/mol. The topological polar surface area (TPSA) is 64.7 Å². The molecule has 0 radical (unpaired) electrons. The van der Waals surface area contributed by atoms with Gasteiger partial charge in [-0.15, -0.1) is 0 Å². The number of hydrogen-bond acceptors (Lipinski definition) is 5. The Bertz CT molecular complexity index is 2880. The second kappa shape index (κ2) is 10.9. The first-order valence-electron chi connectivity index (χ1n) is 16.3. The van der Waals surface area contributed by atoms with Crippen molar-refractivity contribution in [1.29, 1.82) is 0 Å². The molecule has 0 N–H and O–H groups in total. The van der Waals surface area contributed by atoms with Gasteiger partial charge in [0.15, 0.2) is 0 Å². The van der Waals surface area contributed by atoms with Crippen LogP contribution in [0.3, 0.4) is 0 Å². The van der Waals surface area contributed by atoms with Crippen molar-refractivity contribution in [1.82, 2.24) is 19.9 Å². The number of para-hydroxylation sites is 2. The highest BCUT2D eigenvalue weighted by atomic mass is 16.3. The molecule has 0 aliphatic rings. The molecule has 0 bridgehead atoms. The molecule has 0 saturated carbocycles. The zero-order chi connectivity index (χ0) is 32.3. The van der Waals surface area contributed by atoms with Crippen LogP contribution in [0.15, 0.2) is 162 Å². The van der Waals surface area contributed by atoms with Crippen molar-refractivity contribution in [2.45, 2.75) is 0 Å². The van der Waals surface area contributed by atoms with Gasteiger partial charge < -0.3 is 4.42 Å². The molecule has 10 rings (SSSR count). The Hall–Kier alpha value is -6.72. The van der Waals surface area contributed by atoms with E-state index < -0.39 is 0 Å².